The van der Waals surface area contributed by atoms with Gasteiger partial charge in [0.05, 0.1) is 0 Å². The number of hydrogen-bond donors (Lipinski definition) is 2. The first kappa shape index (κ1) is 23.5. The Labute approximate surface area is 206 Å². The highest BCUT2D eigenvalue weighted by Crippen LogP contribution is 2.21. The lowest BCUT2D eigenvalue weighted by Crippen LogP contribution is -2.39. The Morgan fingerprint density at radius 3 is 2.31 bits per heavy atom. The van der Waals surface area contributed by atoms with Gasteiger partial charge >= 0.3 is 0 Å². The monoisotopic (exact) mass is 475 g/mol. The number of anilines is 3. The van der Waals surface area contributed by atoms with Gasteiger partial charge in [-0.15, -0.1) is 0 Å². The summed E-state index contributed by atoms with van der Waals surface area (Å²) in [6.45, 7) is 5.58. The first-order valence-corrected chi connectivity index (χ1v) is 12.7. The molecule has 0 aliphatic carbocycles. The second-order valence-corrected chi connectivity index (χ2v) is 9.43. The third-order valence-corrected chi connectivity index (χ3v) is 6.82. The molecule has 0 saturated carbocycles. The summed E-state index contributed by atoms with van der Waals surface area (Å²) >= 11 is 0. The zero-order chi connectivity index (χ0) is 23.9. The van der Waals surface area contributed by atoms with Gasteiger partial charge in [-0.25, -0.2) is 4.39 Å². The van der Waals surface area contributed by atoms with E-state index in [1.807, 2.05) is 12.1 Å². The van der Waals surface area contributed by atoms with Crippen LogP contribution in [0.2, 0.25) is 0 Å². The predicted molar refractivity (Wildman–Crippen MR) is 138 cm³/mol. The average Bonchev–Trinajstić information content (AvgIpc) is 3.42. The fraction of sp³-hybridized carbons (Fsp3) is 0.444. The highest BCUT2D eigenvalue weighted by atomic mass is 19.1. The fourth-order valence-electron chi connectivity index (χ4n) is 4.84. The normalized spacial score (nSPS) is 17.0. The predicted octanol–water partition coefficient (Wildman–Crippen LogP) is 4.34. The lowest BCUT2D eigenvalue weighted by atomic mass is 10.0. The summed E-state index contributed by atoms with van der Waals surface area (Å²) in [5.74, 6) is 1.71. The first-order chi connectivity index (χ1) is 17.2. The van der Waals surface area contributed by atoms with Crippen molar-refractivity contribution in [1.82, 2.24) is 19.9 Å². The van der Waals surface area contributed by atoms with Crippen molar-refractivity contribution in [3.63, 3.8) is 0 Å². The van der Waals surface area contributed by atoms with Gasteiger partial charge in [-0.3, -0.25) is 4.90 Å². The minimum absolute atomic E-state index is 0.177. The number of nitrogens with zero attached hydrogens (tertiary/aromatic N) is 5. The van der Waals surface area contributed by atoms with E-state index >= 15 is 0 Å². The molecule has 2 aliphatic rings. The Morgan fingerprint density at radius 1 is 0.829 bits per heavy atom. The van der Waals surface area contributed by atoms with Crippen LogP contribution in [0.4, 0.5) is 22.2 Å². The van der Waals surface area contributed by atoms with E-state index in [1.54, 1.807) is 6.07 Å². The van der Waals surface area contributed by atoms with Gasteiger partial charge in [-0.1, -0.05) is 48.5 Å². The number of aromatic nitrogens is 3. The van der Waals surface area contributed by atoms with Gasteiger partial charge < -0.3 is 15.5 Å². The van der Waals surface area contributed by atoms with Gasteiger partial charge in [0.15, 0.2) is 0 Å². The molecule has 0 spiro atoms. The quantitative estimate of drug-likeness (QED) is 0.477. The molecule has 0 bridgehead atoms. The summed E-state index contributed by atoms with van der Waals surface area (Å²) in [7, 11) is 0. The Bertz CT molecular complexity index is 1080. The molecule has 5 rings (SSSR count). The molecule has 2 fully saturated rings. The van der Waals surface area contributed by atoms with E-state index in [4.69, 9.17) is 4.98 Å². The van der Waals surface area contributed by atoms with Crippen molar-refractivity contribution in [3.8, 4) is 0 Å². The molecule has 2 aromatic carbocycles. The van der Waals surface area contributed by atoms with E-state index in [9.17, 15) is 4.39 Å². The maximum absolute atomic E-state index is 14.0. The molecule has 0 amide bonds. The van der Waals surface area contributed by atoms with Crippen molar-refractivity contribution < 1.29 is 4.39 Å². The van der Waals surface area contributed by atoms with Crippen molar-refractivity contribution in [1.29, 1.82) is 0 Å². The number of halogens is 1. The third-order valence-electron chi connectivity index (χ3n) is 6.82. The van der Waals surface area contributed by atoms with E-state index < -0.39 is 0 Å². The molecule has 3 heterocycles. The molecule has 2 saturated heterocycles. The number of piperidine rings is 1. The number of benzene rings is 2. The lowest BCUT2D eigenvalue weighted by molar-refractivity contribution is 0.211. The number of rotatable bonds is 9. The minimum Gasteiger partial charge on any atom is -0.354 e. The summed E-state index contributed by atoms with van der Waals surface area (Å²) in [6, 6.07) is 17.9. The van der Waals surface area contributed by atoms with Crippen molar-refractivity contribution in [2.45, 2.75) is 44.7 Å². The van der Waals surface area contributed by atoms with Crippen LogP contribution in [0.5, 0.6) is 0 Å². The van der Waals surface area contributed by atoms with Crippen molar-refractivity contribution in [2.75, 3.05) is 48.3 Å². The Hall–Kier alpha value is -3.26. The number of nitrogens with one attached hydrogen (secondary N) is 2. The lowest BCUT2D eigenvalue weighted by Gasteiger charge is -2.32. The molecule has 2 aliphatic heterocycles. The molecule has 0 atom stereocenters. The molecule has 2 N–H and O–H groups in total. The van der Waals surface area contributed by atoms with Crippen LogP contribution in [-0.2, 0) is 13.0 Å². The van der Waals surface area contributed by atoms with Crippen molar-refractivity contribution >= 4 is 17.8 Å². The Balaban J connectivity index is 1.20. The average molecular weight is 476 g/mol. The van der Waals surface area contributed by atoms with Gasteiger partial charge in [-0.05, 0) is 49.3 Å². The smallest absolute Gasteiger partial charge is 0.231 e. The summed E-state index contributed by atoms with van der Waals surface area (Å²) in [5.41, 5.74) is 2.05. The van der Waals surface area contributed by atoms with Crippen LogP contribution < -0.4 is 15.5 Å². The first-order valence-electron chi connectivity index (χ1n) is 12.7. The fourth-order valence-corrected chi connectivity index (χ4v) is 4.84. The second kappa shape index (κ2) is 11.4. The summed E-state index contributed by atoms with van der Waals surface area (Å²) in [6.07, 6.45) is 4.98. The Morgan fingerprint density at radius 2 is 1.54 bits per heavy atom. The van der Waals surface area contributed by atoms with E-state index in [0.717, 1.165) is 64.4 Å². The summed E-state index contributed by atoms with van der Waals surface area (Å²) < 4.78 is 14.0. The molecule has 8 heteroatoms. The van der Waals surface area contributed by atoms with Crippen LogP contribution in [0.3, 0.4) is 0 Å². The topological polar surface area (TPSA) is 69.2 Å². The standard InChI is InChI=1S/C27H34FN7/c28-24-11-5-4-10-22(24)12-15-29-25-31-26(33-27(32-25)35-16-6-7-17-35)30-23-13-18-34(19-14-23)20-21-8-2-1-3-9-21/h1-5,8-11,23H,6-7,12-20H2,(H2,29,30,31,32,33). The summed E-state index contributed by atoms with van der Waals surface area (Å²) in [5, 5.41) is 6.86. The van der Waals surface area contributed by atoms with Gasteiger partial charge in [-0.2, -0.15) is 15.0 Å². The van der Waals surface area contributed by atoms with Gasteiger partial charge in [0.1, 0.15) is 5.82 Å². The molecule has 3 aromatic rings. The van der Waals surface area contributed by atoms with E-state index in [1.165, 1.54) is 11.6 Å². The number of hydrogen-bond acceptors (Lipinski definition) is 7. The summed E-state index contributed by atoms with van der Waals surface area (Å²) in [4.78, 5) is 18.8. The van der Waals surface area contributed by atoms with E-state index in [2.05, 4.69) is 60.7 Å². The molecule has 0 radical (unpaired) electrons. The zero-order valence-electron chi connectivity index (χ0n) is 20.2. The zero-order valence-corrected chi connectivity index (χ0v) is 20.2. The van der Waals surface area contributed by atoms with Crippen LogP contribution in [0.25, 0.3) is 0 Å². The van der Waals surface area contributed by atoms with Crippen LogP contribution >= 0.6 is 0 Å². The van der Waals surface area contributed by atoms with Crippen LogP contribution in [0.1, 0.15) is 36.8 Å². The van der Waals surface area contributed by atoms with Crippen LogP contribution in [0, 0.1) is 5.82 Å². The van der Waals surface area contributed by atoms with E-state index in [-0.39, 0.29) is 5.82 Å². The van der Waals surface area contributed by atoms with Gasteiger partial charge in [0.25, 0.3) is 0 Å². The molecule has 0 unspecified atom stereocenters. The largest absolute Gasteiger partial charge is 0.354 e. The minimum atomic E-state index is -0.177. The molecule has 35 heavy (non-hydrogen) atoms. The van der Waals surface area contributed by atoms with Gasteiger partial charge in [0, 0.05) is 45.3 Å². The highest BCUT2D eigenvalue weighted by molar-refractivity contribution is 5.45. The maximum atomic E-state index is 14.0. The van der Waals surface area contributed by atoms with E-state index in [0.29, 0.717) is 36.5 Å². The Kier molecular flexibility index (Phi) is 7.68. The number of likely N-dealkylation sites (tertiary alicyclic amines) is 1. The molecular formula is C27H34FN7. The SMILES string of the molecule is Fc1ccccc1CCNc1nc(NC2CCN(Cc3ccccc3)CC2)nc(N2CCCC2)n1. The molecule has 1 aromatic heterocycles. The maximum Gasteiger partial charge on any atom is 0.231 e. The highest BCUT2D eigenvalue weighted by Gasteiger charge is 2.22. The molecule has 7 nitrogen and oxygen atoms in total. The van der Waals surface area contributed by atoms with Crippen molar-refractivity contribution in [2.24, 2.45) is 0 Å². The molecule has 184 valence electrons. The third kappa shape index (κ3) is 6.45. The van der Waals surface area contributed by atoms with Crippen molar-refractivity contribution in [3.05, 3.63) is 71.5 Å². The molecular weight excluding hydrogens is 441 g/mol. The van der Waals surface area contributed by atoms with Crippen LogP contribution in [0.15, 0.2) is 54.6 Å². The van der Waals surface area contributed by atoms with Crippen LogP contribution in [-0.4, -0.2) is 58.6 Å². The van der Waals surface area contributed by atoms with Gasteiger partial charge in [0.2, 0.25) is 17.8 Å². The second-order valence-electron chi connectivity index (χ2n) is 9.43.